The lowest BCUT2D eigenvalue weighted by Crippen LogP contribution is -2.30. The maximum absolute atomic E-state index is 12.6. The van der Waals surface area contributed by atoms with Gasteiger partial charge in [-0.15, -0.1) is 0 Å². The van der Waals surface area contributed by atoms with Gasteiger partial charge in [-0.1, -0.05) is 12.1 Å². The number of fused-ring (bicyclic) bond motifs is 2. The number of ether oxygens (including phenoxy) is 3. The van der Waals surface area contributed by atoms with Gasteiger partial charge in [0.1, 0.15) is 11.3 Å². The lowest BCUT2D eigenvalue weighted by molar-refractivity contribution is -0.158. The molecule has 0 aliphatic carbocycles. The molecule has 1 atom stereocenters. The van der Waals surface area contributed by atoms with E-state index < -0.39 is 12.3 Å². The van der Waals surface area contributed by atoms with Crippen molar-refractivity contribution in [3.8, 4) is 22.8 Å². The Morgan fingerprint density at radius 2 is 1.84 bits per heavy atom. The summed E-state index contributed by atoms with van der Waals surface area (Å²) in [6, 6.07) is 12.2. The second-order valence-electron chi connectivity index (χ2n) is 5.63. The number of carbonyl (C=O) groups is 1. The molecule has 1 aliphatic rings. The van der Waals surface area contributed by atoms with Gasteiger partial charge in [0.2, 0.25) is 0 Å². The fourth-order valence-electron chi connectivity index (χ4n) is 2.80. The van der Waals surface area contributed by atoms with Gasteiger partial charge >= 0.3 is 12.3 Å². The predicted octanol–water partition coefficient (Wildman–Crippen LogP) is 3.04. The molecule has 6 nitrogen and oxygen atoms in total. The number of hydrogen-bond acceptors (Lipinski definition) is 6. The molecule has 0 radical (unpaired) electrons. The maximum atomic E-state index is 12.6. The topological polar surface area (TPSA) is 75.0 Å². The van der Waals surface area contributed by atoms with Crippen molar-refractivity contribution >= 4 is 16.9 Å². The van der Waals surface area contributed by atoms with Crippen LogP contribution >= 0.6 is 0 Å². The van der Waals surface area contributed by atoms with E-state index in [-0.39, 0.29) is 5.43 Å². The van der Waals surface area contributed by atoms with Crippen LogP contribution in [0.2, 0.25) is 0 Å². The number of methoxy groups -OCH3 is 1. The Balaban J connectivity index is 1.80. The van der Waals surface area contributed by atoms with Crippen LogP contribution in [0.1, 0.15) is 5.56 Å². The second kappa shape index (κ2) is 5.66. The van der Waals surface area contributed by atoms with Crippen molar-refractivity contribution in [3.05, 3.63) is 58.3 Å². The quantitative estimate of drug-likeness (QED) is 0.669. The summed E-state index contributed by atoms with van der Waals surface area (Å²) in [6.07, 6.45) is -1.13. The van der Waals surface area contributed by atoms with E-state index in [9.17, 15) is 9.59 Å². The van der Waals surface area contributed by atoms with Gasteiger partial charge in [0, 0.05) is 11.1 Å². The van der Waals surface area contributed by atoms with Crippen LogP contribution in [-0.2, 0) is 9.53 Å². The third-order valence-corrected chi connectivity index (χ3v) is 4.09. The van der Waals surface area contributed by atoms with Crippen LogP contribution < -0.4 is 14.9 Å². The smallest absolute Gasteiger partial charge is 0.389 e. The Morgan fingerprint density at radius 3 is 2.64 bits per heavy atom. The van der Waals surface area contributed by atoms with Crippen LogP contribution in [0.25, 0.3) is 22.3 Å². The van der Waals surface area contributed by atoms with Crippen LogP contribution in [0.4, 0.5) is 0 Å². The van der Waals surface area contributed by atoms with Gasteiger partial charge in [0.15, 0.2) is 16.9 Å². The van der Waals surface area contributed by atoms with E-state index in [2.05, 4.69) is 4.74 Å². The van der Waals surface area contributed by atoms with Gasteiger partial charge in [-0.2, -0.15) is 0 Å². The second-order valence-corrected chi connectivity index (χ2v) is 5.63. The summed E-state index contributed by atoms with van der Waals surface area (Å²) in [6.45, 7) is 1.72. The van der Waals surface area contributed by atoms with Crippen molar-refractivity contribution in [3.63, 3.8) is 0 Å². The Labute approximate surface area is 142 Å². The molecule has 1 aliphatic heterocycles. The molecule has 0 bridgehead atoms. The molecule has 0 saturated heterocycles. The highest BCUT2D eigenvalue weighted by Gasteiger charge is 2.32. The highest BCUT2D eigenvalue weighted by Crippen LogP contribution is 2.39. The molecule has 25 heavy (non-hydrogen) atoms. The summed E-state index contributed by atoms with van der Waals surface area (Å²) in [5.41, 5.74) is 1.59. The zero-order valence-electron chi connectivity index (χ0n) is 13.6. The normalized spacial score (nSPS) is 15.4. The van der Waals surface area contributed by atoms with Crippen molar-refractivity contribution in [2.24, 2.45) is 0 Å². The first kappa shape index (κ1) is 15.3. The minimum atomic E-state index is -1.13. The van der Waals surface area contributed by atoms with E-state index in [0.29, 0.717) is 39.4 Å². The Hall–Kier alpha value is -3.28. The number of esters is 1. The van der Waals surface area contributed by atoms with Crippen molar-refractivity contribution in [2.75, 3.05) is 7.11 Å². The van der Waals surface area contributed by atoms with E-state index in [0.717, 1.165) is 0 Å². The fourth-order valence-corrected chi connectivity index (χ4v) is 2.80. The molecule has 1 unspecified atom stereocenters. The maximum Gasteiger partial charge on any atom is 0.389 e. The Kier molecular flexibility index (Phi) is 3.46. The number of hydrogen-bond donors (Lipinski definition) is 0. The van der Waals surface area contributed by atoms with E-state index in [4.69, 9.17) is 13.9 Å². The molecule has 4 rings (SSSR count). The number of carbonyl (C=O) groups excluding carboxylic acids is 1. The molecule has 2 aromatic carbocycles. The van der Waals surface area contributed by atoms with Crippen LogP contribution in [0.5, 0.6) is 11.5 Å². The number of benzene rings is 2. The van der Waals surface area contributed by atoms with Gasteiger partial charge in [-0.25, -0.2) is 4.79 Å². The molecule has 0 saturated carbocycles. The Bertz CT molecular complexity index is 1050. The predicted molar refractivity (Wildman–Crippen MR) is 89.7 cm³/mol. The van der Waals surface area contributed by atoms with Crippen molar-refractivity contribution < 1.29 is 23.4 Å². The van der Waals surface area contributed by atoms with Crippen molar-refractivity contribution in [1.29, 1.82) is 0 Å². The van der Waals surface area contributed by atoms with Crippen molar-refractivity contribution in [1.82, 2.24) is 0 Å². The number of rotatable bonds is 2. The summed E-state index contributed by atoms with van der Waals surface area (Å²) >= 11 is 0. The van der Waals surface area contributed by atoms with Crippen LogP contribution in [0.3, 0.4) is 0 Å². The first-order valence-corrected chi connectivity index (χ1v) is 7.66. The average molecular weight is 338 g/mol. The van der Waals surface area contributed by atoms with E-state index in [1.807, 2.05) is 6.07 Å². The van der Waals surface area contributed by atoms with E-state index >= 15 is 0 Å². The molecule has 0 amide bonds. The number of para-hydroxylation sites is 1. The zero-order chi connectivity index (χ0) is 17.6. The highest BCUT2D eigenvalue weighted by atomic mass is 16.7. The monoisotopic (exact) mass is 338 g/mol. The first-order chi connectivity index (χ1) is 12.1. The SMILES string of the molecule is COC(=O)C1Oc2ccc(-c3oc4ccccc4c(=O)c3C)cc2O1. The van der Waals surface area contributed by atoms with Gasteiger partial charge in [0.05, 0.1) is 12.5 Å². The van der Waals surface area contributed by atoms with Gasteiger partial charge in [-0.3, -0.25) is 4.79 Å². The molecule has 0 spiro atoms. The van der Waals surface area contributed by atoms with Crippen LogP contribution in [0, 0.1) is 6.92 Å². The molecule has 0 N–H and O–H groups in total. The summed E-state index contributed by atoms with van der Waals surface area (Å²) in [4.78, 5) is 24.1. The van der Waals surface area contributed by atoms with E-state index in [1.165, 1.54) is 7.11 Å². The minimum absolute atomic E-state index is 0.0815. The zero-order valence-corrected chi connectivity index (χ0v) is 13.6. The third-order valence-electron chi connectivity index (χ3n) is 4.09. The molecular formula is C19H14O6. The lowest BCUT2D eigenvalue weighted by atomic mass is 10.1. The summed E-state index contributed by atoms with van der Waals surface area (Å²) < 4.78 is 21.4. The molecule has 2 heterocycles. The lowest BCUT2D eigenvalue weighted by Gasteiger charge is -2.08. The standard InChI is InChI=1S/C19H14O6/c1-10-16(20)12-5-3-4-6-13(12)23-17(10)11-7-8-14-15(9-11)25-19(24-14)18(21)22-2/h3-9,19H,1-2H3. The summed E-state index contributed by atoms with van der Waals surface area (Å²) in [5.74, 6) is 0.658. The fraction of sp³-hybridized carbons (Fsp3) is 0.158. The van der Waals surface area contributed by atoms with Gasteiger partial charge in [0.25, 0.3) is 0 Å². The van der Waals surface area contributed by atoms with Gasteiger partial charge < -0.3 is 18.6 Å². The third kappa shape index (κ3) is 2.42. The van der Waals surface area contributed by atoms with Crippen LogP contribution in [-0.4, -0.2) is 19.4 Å². The first-order valence-electron chi connectivity index (χ1n) is 7.66. The van der Waals surface area contributed by atoms with Crippen LogP contribution in [0.15, 0.2) is 51.7 Å². The highest BCUT2D eigenvalue weighted by molar-refractivity contribution is 5.81. The van der Waals surface area contributed by atoms with E-state index in [1.54, 1.807) is 43.3 Å². The largest absolute Gasteiger partial charge is 0.463 e. The molecule has 126 valence electrons. The Morgan fingerprint density at radius 1 is 1.08 bits per heavy atom. The summed E-state index contributed by atoms with van der Waals surface area (Å²) in [5, 5.41) is 0.537. The van der Waals surface area contributed by atoms with Gasteiger partial charge in [-0.05, 0) is 37.3 Å². The molecule has 3 aromatic rings. The molecular weight excluding hydrogens is 324 g/mol. The summed E-state index contributed by atoms with van der Waals surface area (Å²) in [7, 11) is 1.26. The molecule has 6 heteroatoms. The minimum Gasteiger partial charge on any atom is -0.463 e. The van der Waals surface area contributed by atoms with Crippen molar-refractivity contribution in [2.45, 2.75) is 13.2 Å². The molecule has 1 aromatic heterocycles. The average Bonchev–Trinajstić information content (AvgIpc) is 3.07. The molecule has 0 fully saturated rings.